The molecule has 146 valence electrons. The van der Waals surface area contributed by atoms with Crippen molar-refractivity contribution in [1.29, 1.82) is 0 Å². The molecule has 7 nitrogen and oxygen atoms in total. The van der Waals surface area contributed by atoms with E-state index in [4.69, 9.17) is 11.5 Å². The van der Waals surface area contributed by atoms with Gasteiger partial charge in [0.1, 0.15) is 12.1 Å². The molecule has 0 radical (unpaired) electrons. The van der Waals surface area contributed by atoms with Crippen LogP contribution in [0.5, 0.6) is 5.75 Å². The third kappa shape index (κ3) is 2.77. The molecular weight excluding hydrogens is 373 g/mol. The number of hydrogen-bond acceptors (Lipinski definition) is 5. The first-order chi connectivity index (χ1) is 13.8. The number of aromatic nitrogens is 3. The van der Waals surface area contributed by atoms with Gasteiger partial charge in [-0.25, -0.2) is 14.4 Å². The van der Waals surface area contributed by atoms with E-state index in [0.29, 0.717) is 27.7 Å². The monoisotopic (exact) mass is 391 g/mol. The Morgan fingerprint density at radius 1 is 1.17 bits per heavy atom. The molecule has 0 bridgehead atoms. The molecule has 2 aromatic carbocycles. The summed E-state index contributed by atoms with van der Waals surface area (Å²) in [5.41, 5.74) is 15.5. The van der Waals surface area contributed by atoms with Crippen LogP contribution in [-0.2, 0) is 0 Å². The second-order valence-electron chi connectivity index (χ2n) is 6.77. The number of pyridine rings is 1. The summed E-state index contributed by atoms with van der Waals surface area (Å²) in [6, 6.07) is 7.57. The van der Waals surface area contributed by atoms with E-state index in [0.717, 1.165) is 5.56 Å². The average molecular weight is 391 g/mol. The molecule has 4 rings (SSSR count). The molecule has 0 atom stereocenters. The van der Waals surface area contributed by atoms with Gasteiger partial charge in [0.15, 0.2) is 11.6 Å². The van der Waals surface area contributed by atoms with Gasteiger partial charge in [0.25, 0.3) is 5.91 Å². The van der Waals surface area contributed by atoms with E-state index >= 15 is 0 Å². The average Bonchev–Trinajstić information content (AvgIpc) is 3.10. The summed E-state index contributed by atoms with van der Waals surface area (Å²) in [7, 11) is 0. The molecule has 0 aliphatic heterocycles. The summed E-state index contributed by atoms with van der Waals surface area (Å²) in [5.74, 6) is -1.16. The smallest absolute Gasteiger partial charge is 0.250 e. The number of phenols is 1. The number of carbonyl (C=O) groups is 1. The number of amides is 1. The molecule has 2 aromatic heterocycles. The Morgan fingerprint density at radius 2 is 1.93 bits per heavy atom. The van der Waals surface area contributed by atoms with E-state index in [1.54, 1.807) is 19.1 Å². The fourth-order valence-corrected chi connectivity index (χ4v) is 3.57. The number of nitrogens with zero attached hydrogens (tertiary/aromatic N) is 3. The number of anilines is 1. The third-order valence-electron chi connectivity index (χ3n) is 5.01. The van der Waals surface area contributed by atoms with E-state index < -0.39 is 11.7 Å². The van der Waals surface area contributed by atoms with Gasteiger partial charge in [-0.1, -0.05) is 6.07 Å². The number of aromatic hydroxyl groups is 1. The summed E-state index contributed by atoms with van der Waals surface area (Å²) >= 11 is 0. The first-order valence-corrected chi connectivity index (χ1v) is 8.81. The number of aryl methyl sites for hydroxylation is 1. The zero-order chi connectivity index (χ0) is 20.9. The Hall–Kier alpha value is -3.94. The summed E-state index contributed by atoms with van der Waals surface area (Å²) in [5, 5.41) is 10.2. The number of imidazole rings is 1. The highest BCUT2D eigenvalue weighted by molar-refractivity contribution is 6.10. The Morgan fingerprint density at radius 3 is 2.62 bits per heavy atom. The van der Waals surface area contributed by atoms with Gasteiger partial charge in [-0.15, -0.1) is 0 Å². The van der Waals surface area contributed by atoms with Crippen LogP contribution in [0.25, 0.3) is 28.0 Å². The second kappa shape index (κ2) is 6.59. The number of hydrogen-bond donors (Lipinski definition) is 3. The molecule has 1 amide bonds. The maximum Gasteiger partial charge on any atom is 0.250 e. The molecule has 2 heterocycles. The molecule has 0 saturated heterocycles. The summed E-state index contributed by atoms with van der Waals surface area (Å²) in [4.78, 5) is 20.6. The maximum atomic E-state index is 14.4. The summed E-state index contributed by atoms with van der Waals surface area (Å²) in [6.45, 7) is 3.61. The number of nitrogens with two attached hydrogens (primary N) is 2. The molecule has 8 heteroatoms. The predicted molar refractivity (Wildman–Crippen MR) is 108 cm³/mol. The van der Waals surface area contributed by atoms with Gasteiger partial charge >= 0.3 is 0 Å². The van der Waals surface area contributed by atoms with Crippen molar-refractivity contribution in [1.82, 2.24) is 14.5 Å². The molecule has 0 saturated carbocycles. The molecule has 4 aromatic rings. The number of benzene rings is 2. The minimum absolute atomic E-state index is 0.0329. The lowest BCUT2D eigenvalue weighted by Crippen LogP contribution is -2.15. The van der Waals surface area contributed by atoms with Crippen molar-refractivity contribution in [3.05, 3.63) is 65.4 Å². The van der Waals surface area contributed by atoms with E-state index in [1.807, 2.05) is 6.92 Å². The minimum atomic E-state index is -0.727. The predicted octanol–water partition coefficient (Wildman–Crippen LogP) is 3.23. The number of carbonyl (C=O) groups excluding carboxylic acids is 1. The van der Waals surface area contributed by atoms with Crippen molar-refractivity contribution >= 4 is 22.6 Å². The number of fused-ring (bicyclic) bond motifs is 1. The Labute approximate surface area is 165 Å². The van der Waals surface area contributed by atoms with Gasteiger partial charge < -0.3 is 16.6 Å². The quantitative estimate of drug-likeness (QED) is 0.463. The molecule has 5 N–H and O–H groups in total. The van der Waals surface area contributed by atoms with Crippen molar-refractivity contribution in [2.45, 2.75) is 13.8 Å². The molecule has 0 spiro atoms. The highest BCUT2D eigenvalue weighted by atomic mass is 19.1. The van der Waals surface area contributed by atoms with Crippen molar-refractivity contribution in [2.75, 3.05) is 5.73 Å². The van der Waals surface area contributed by atoms with Crippen molar-refractivity contribution < 1.29 is 14.3 Å². The number of rotatable bonds is 3. The highest BCUT2D eigenvalue weighted by Gasteiger charge is 2.23. The van der Waals surface area contributed by atoms with Gasteiger partial charge in [-0.2, -0.15) is 0 Å². The van der Waals surface area contributed by atoms with Crippen LogP contribution in [0.2, 0.25) is 0 Å². The SMILES string of the molecule is Cc1ccc(O)c(C)c1-c1c(N)c(C(N)=O)cc2c1ncn2-c1ncccc1F. The highest BCUT2D eigenvalue weighted by Crippen LogP contribution is 2.41. The lowest BCUT2D eigenvalue weighted by atomic mass is 9.91. The van der Waals surface area contributed by atoms with Gasteiger partial charge in [0.2, 0.25) is 0 Å². The van der Waals surface area contributed by atoms with Crippen molar-refractivity contribution in [3.63, 3.8) is 0 Å². The number of halogens is 1. The van der Waals surface area contributed by atoms with Crippen LogP contribution < -0.4 is 11.5 Å². The van der Waals surface area contributed by atoms with Crippen LogP contribution in [-0.4, -0.2) is 25.5 Å². The Kier molecular flexibility index (Phi) is 4.19. The molecule has 0 aliphatic carbocycles. The maximum absolute atomic E-state index is 14.4. The molecule has 0 aliphatic rings. The van der Waals surface area contributed by atoms with E-state index in [-0.39, 0.29) is 22.8 Å². The van der Waals surface area contributed by atoms with Gasteiger partial charge in [-0.05, 0) is 54.8 Å². The number of phenolic OH excluding ortho intramolecular Hbond substituents is 1. The lowest BCUT2D eigenvalue weighted by Gasteiger charge is -2.17. The lowest BCUT2D eigenvalue weighted by molar-refractivity contribution is 0.100. The topological polar surface area (TPSA) is 120 Å². The van der Waals surface area contributed by atoms with Gasteiger partial charge in [-0.3, -0.25) is 9.36 Å². The Balaban J connectivity index is 2.17. The fraction of sp³-hybridized carbons (Fsp3) is 0.0952. The zero-order valence-corrected chi connectivity index (χ0v) is 15.8. The van der Waals surface area contributed by atoms with Gasteiger partial charge in [0.05, 0.1) is 22.3 Å². The number of nitrogen functional groups attached to an aromatic ring is 1. The number of primary amides is 1. The normalized spacial score (nSPS) is 11.1. The minimum Gasteiger partial charge on any atom is -0.508 e. The van der Waals surface area contributed by atoms with Crippen molar-refractivity contribution in [2.24, 2.45) is 5.73 Å². The fourth-order valence-electron chi connectivity index (χ4n) is 3.57. The molecule has 0 fully saturated rings. The summed E-state index contributed by atoms with van der Waals surface area (Å²) < 4.78 is 15.8. The van der Waals surface area contributed by atoms with Crippen LogP contribution in [0.15, 0.2) is 42.9 Å². The van der Waals surface area contributed by atoms with Crippen LogP contribution >= 0.6 is 0 Å². The third-order valence-corrected chi connectivity index (χ3v) is 5.01. The zero-order valence-electron chi connectivity index (χ0n) is 15.8. The van der Waals surface area contributed by atoms with Crippen LogP contribution in [0.4, 0.5) is 10.1 Å². The van der Waals surface area contributed by atoms with Crippen LogP contribution in [0, 0.1) is 19.7 Å². The first-order valence-electron chi connectivity index (χ1n) is 8.81. The Bertz CT molecular complexity index is 1300. The molecule has 0 unspecified atom stereocenters. The first kappa shape index (κ1) is 18.4. The van der Waals surface area contributed by atoms with Gasteiger partial charge in [0, 0.05) is 11.8 Å². The van der Waals surface area contributed by atoms with E-state index in [9.17, 15) is 14.3 Å². The molecule has 29 heavy (non-hydrogen) atoms. The largest absolute Gasteiger partial charge is 0.508 e. The summed E-state index contributed by atoms with van der Waals surface area (Å²) in [6.07, 6.45) is 2.87. The standard InChI is InChI=1S/C21H18FN5O2/c1-10-5-6-15(28)11(2)16(10)17-18(23)12(20(24)29)8-14-19(17)26-9-27(14)21-13(22)4-3-7-25-21/h3-9,28H,23H2,1-2H3,(H2,24,29). The van der Waals surface area contributed by atoms with Crippen LogP contribution in [0.1, 0.15) is 21.5 Å². The van der Waals surface area contributed by atoms with Crippen molar-refractivity contribution in [3.8, 4) is 22.7 Å². The molecular formula is C21H18FN5O2. The van der Waals surface area contributed by atoms with Crippen LogP contribution in [0.3, 0.4) is 0 Å². The van der Waals surface area contributed by atoms with E-state index in [2.05, 4.69) is 9.97 Å². The second-order valence-corrected chi connectivity index (χ2v) is 6.77. The van der Waals surface area contributed by atoms with E-state index in [1.165, 1.54) is 35.3 Å².